The quantitative estimate of drug-likeness (QED) is 0.722. The van der Waals surface area contributed by atoms with Crippen LogP contribution in [0.2, 0.25) is 0 Å². The standard InChI is InChI=1S/C24H40N2O2/c1-6-26(7-2)22(28)19-10-9-17-16-8-11-20-24(4,15-13-21(27)25(20)5)18(16)12-14-23(17,19)3/h16-20H,6-15H2,1-5H3/t16-,17-,18-,19?,20+,23-,24+/m0/s1. The molecule has 3 aliphatic carbocycles. The Morgan fingerprint density at radius 2 is 1.68 bits per heavy atom. The molecule has 1 heterocycles. The van der Waals surface area contributed by atoms with E-state index >= 15 is 0 Å². The van der Waals surface area contributed by atoms with Gasteiger partial charge in [-0.1, -0.05) is 13.8 Å². The first-order valence-electron chi connectivity index (χ1n) is 11.8. The van der Waals surface area contributed by atoms with Crippen LogP contribution < -0.4 is 0 Å². The largest absolute Gasteiger partial charge is 0.343 e. The Balaban J connectivity index is 1.58. The van der Waals surface area contributed by atoms with Crippen molar-refractivity contribution < 1.29 is 9.59 Å². The first-order chi connectivity index (χ1) is 13.3. The molecule has 0 spiro atoms. The van der Waals surface area contributed by atoms with Gasteiger partial charge in [0.25, 0.3) is 0 Å². The third kappa shape index (κ3) is 2.69. The minimum absolute atomic E-state index is 0.181. The summed E-state index contributed by atoms with van der Waals surface area (Å²) >= 11 is 0. The molecule has 0 aromatic heterocycles. The summed E-state index contributed by atoms with van der Waals surface area (Å²) in [4.78, 5) is 29.7. The van der Waals surface area contributed by atoms with Gasteiger partial charge in [0.2, 0.25) is 11.8 Å². The average Bonchev–Trinajstić information content (AvgIpc) is 3.03. The van der Waals surface area contributed by atoms with E-state index in [2.05, 4.69) is 37.5 Å². The van der Waals surface area contributed by atoms with Gasteiger partial charge in [-0.25, -0.2) is 0 Å². The van der Waals surface area contributed by atoms with Crippen LogP contribution in [-0.4, -0.2) is 47.8 Å². The maximum absolute atomic E-state index is 13.3. The van der Waals surface area contributed by atoms with E-state index in [1.54, 1.807) is 0 Å². The van der Waals surface area contributed by atoms with Gasteiger partial charge >= 0.3 is 0 Å². The molecule has 7 atom stereocenters. The van der Waals surface area contributed by atoms with Crippen LogP contribution in [0.1, 0.15) is 79.1 Å². The predicted molar refractivity (Wildman–Crippen MR) is 112 cm³/mol. The molecular weight excluding hydrogens is 348 g/mol. The van der Waals surface area contributed by atoms with Crippen LogP contribution >= 0.6 is 0 Å². The molecule has 0 bridgehead atoms. The fourth-order valence-corrected chi connectivity index (χ4v) is 8.31. The average molecular weight is 389 g/mol. The van der Waals surface area contributed by atoms with Gasteiger partial charge in [0.05, 0.1) is 0 Å². The number of carbonyl (C=O) groups excluding carboxylic acids is 2. The number of hydrogen-bond donors (Lipinski definition) is 0. The molecule has 2 amide bonds. The molecule has 0 aromatic rings. The monoisotopic (exact) mass is 388 g/mol. The van der Waals surface area contributed by atoms with Gasteiger partial charge in [0.15, 0.2) is 0 Å². The van der Waals surface area contributed by atoms with E-state index in [1.165, 1.54) is 25.7 Å². The predicted octanol–water partition coefficient (Wildman–Crippen LogP) is 4.33. The Labute approximate surface area is 171 Å². The highest BCUT2D eigenvalue weighted by Crippen LogP contribution is 2.66. The normalized spacial score (nSPS) is 45.2. The van der Waals surface area contributed by atoms with Crippen molar-refractivity contribution in [1.82, 2.24) is 9.80 Å². The van der Waals surface area contributed by atoms with Gasteiger partial charge in [0.1, 0.15) is 0 Å². The molecule has 4 nitrogen and oxygen atoms in total. The van der Waals surface area contributed by atoms with Gasteiger partial charge in [-0.3, -0.25) is 9.59 Å². The zero-order chi connectivity index (χ0) is 20.3. The van der Waals surface area contributed by atoms with Crippen LogP contribution in [0, 0.1) is 34.5 Å². The molecule has 28 heavy (non-hydrogen) atoms. The van der Waals surface area contributed by atoms with E-state index in [4.69, 9.17) is 0 Å². The molecule has 4 heteroatoms. The Kier molecular flexibility index (Phi) is 5.07. The van der Waals surface area contributed by atoms with Crippen LogP contribution in [-0.2, 0) is 9.59 Å². The molecule has 3 saturated carbocycles. The lowest BCUT2D eigenvalue weighted by molar-refractivity contribution is -0.161. The van der Waals surface area contributed by atoms with Crippen LogP contribution in [0.4, 0.5) is 0 Å². The molecular formula is C24H40N2O2. The minimum atomic E-state index is 0.181. The number of fused-ring (bicyclic) bond motifs is 5. The molecule has 4 aliphatic rings. The van der Waals surface area contributed by atoms with Gasteiger partial charge in [0, 0.05) is 38.5 Å². The van der Waals surface area contributed by atoms with Crippen molar-refractivity contribution in [2.24, 2.45) is 34.5 Å². The highest BCUT2D eigenvalue weighted by molar-refractivity contribution is 5.80. The van der Waals surface area contributed by atoms with E-state index in [1.807, 2.05) is 7.05 Å². The first-order valence-corrected chi connectivity index (χ1v) is 11.8. The number of carbonyl (C=O) groups is 2. The summed E-state index contributed by atoms with van der Waals surface area (Å²) in [6, 6.07) is 0.425. The Morgan fingerprint density at radius 1 is 1.00 bits per heavy atom. The topological polar surface area (TPSA) is 40.6 Å². The van der Waals surface area contributed by atoms with Crippen LogP contribution in [0.15, 0.2) is 0 Å². The fraction of sp³-hybridized carbons (Fsp3) is 0.917. The van der Waals surface area contributed by atoms with Crippen molar-refractivity contribution in [2.45, 2.75) is 85.1 Å². The van der Waals surface area contributed by atoms with Crippen LogP contribution in [0.3, 0.4) is 0 Å². The van der Waals surface area contributed by atoms with Gasteiger partial charge in [-0.15, -0.1) is 0 Å². The summed E-state index contributed by atoms with van der Waals surface area (Å²) in [6.45, 7) is 10.8. The number of rotatable bonds is 3. The number of likely N-dealkylation sites (tertiary alicyclic amines) is 1. The van der Waals surface area contributed by atoms with E-state index in [0.717, 1.165) is 50.6 Å². The van der Waals surface area contributed by atoms with Crippen molar-refractivity contribution in [3.63, 3.8) is 0 Å². The van der Waals surface area contributed by atoms with Gasteiger partial charge < -0.3 is 9.80 Å². The Bertz CT molecular complexity index is 645. The summed E-state index contributed by atoms with van der Waals surface area (Å²) in [6.07, 6.45) is 8.93. The zero-order valence-corrected chi connectivity index (χ0v) is 18.7. The lowest BCUT2D eigenvalue weighted by Crippen LogP contribution is -2.61. The van der Waals surface area contributed by atoms with Crippen LogP contribution in [0.25, 0.3) is 0 Å². The molecule has 4 rings (SSSR count). The molecule has 158 valence electrons. The molecule has 1 unspecified atom stereocenters. The third-order valence-electron chi connectivity index (χ3n) is 9.93. The molecule has 1 saturated heterocycles. The molecule has 0 N–H and O–H groups in total. The maximum atomic E-state index is 13.3. The molecule has 0 radical (unpaired) electrons. The van der Waals surface area contributed by atoms with E-state index in [0.29, 0.717) is 23.8 Å². The summed E-state index contributed by atoms with van der Waals surface area (Å²) in [5, 5.41) is 0. The fourth-order valence-electron chi connectivity index (χ4n) is 8.31. The minimum Gasteiger partial charge on any atom is -0.343 e. The number of amides is 2. The number of piperidine rings is 1. The second-order valence-corrected chi connectivity index (χ2v) is 10.7. The summed E-state index contributed by atoms with van der Waals surface area (Å²) < 4.78 is 0. The van der Waals surface area contributed by atoms with Crippen molar-refractivity contribution >= 4 is 11.8 Å². The Hall–Kier alpha value is -1.06. The van der Waals surface area contributed by atoms with Crippen molar-refractivity contribution in [3.05, 3.63) is 0 Å². The van der Waals surface area contributed by atoms with Gasteiger partial charge in [-0.2, -0.15) is 0 Å². The smallest absolute Gasteiger partial charge is 0.226 e. The highest BCUT2D eigenvalue weighted by Gasteiger charge is 2.62. The first kappa shape index (κ1) is 20.2. The second kappa shape index (κ2) is 7.02. The van der Waals surface area contributed by atoms with Crippen LogP contribution in [0.5, 0.6) is 0 Å². The third-order valence-corrected chi connectivity index (χ3v) is 9.93. The lowest BCUT2D eigenvalue weighted by Gasteiger charge is -2.61. The summed E-state index contributed by atoms with van der Waals surface area (Å²) in [5.74, 6) is 3.14. The number of nitrogens with zero attached hydrogens (tertiary/aromatic N) is 2. The van der Waals surface area contributed by atoms with Gasteiger partial charge in [-0.05, 0) is 87.4 Å². The maximum Gasteiger partial charge on any atom is 0.226 e. The van der Waals surface area contributed by atoms with Crippen molar-refractivity contribution in [3.8, 4) is 0 Å². The van der Waals surface area contributed by atoms with E-state index in [9.17, 15) is 9.59 Å². The lowest BCUT2D eigenvalue weighted by atomic mass is 9.47. The summed E-state index contributed by atoms with van der Waals surface area (Å²) in [7, 11) is 2.03. The highest BCUT2D eigenvalue weighted by atomic mass is 16.2. The molecule has 1 aliphatic heterocycles. The second-order valence-electron chi connectivity index (χ2n) is 10.7. The van der Waals surface area contributed by atoms with Crippen molar-refractivity contribution in [1.29, 1.82) is 0 Å². The summed E-state index contributed by atoms with van der Waals surface area (Å²) in [5.41, 5.74) is 0.453. The Morgan fingerprint density at radius 3 is 2.36 bits per heavy atom. The molecule has 0 aromatic carbocycles. The zero-order valence-electron chi connectivity index (χ0n) is 18.7. The SMILES string of the molecule is CCN(CC)C(=O)C1CC[C@H]2[C@@H]3CC[C@H]4N(C)C(=O)CC[C@]4(C)[C@H]3CC[C@]12C. The van der Waals surface area contributed by atoms with E-state index < -0.39 is 0 Å². The van der Waals surface area contributed by atoms with E-state index in [-0.39, 0.29) is 16.7 Å². The van der Waals surface area contributed by atoms with Crippen molar-refractivity contribution in [2.75, 3.05) is 20.1 Å². The number of hydrogen-bond acceptors (Lipinski definition) is 2. The molecule has 4 fully saturated rings.